The molecule has 2 aliphatic heterocycles. The molecule has 2 aliphatic rings. The zero-order valence-corrected chi connectivity index (χ0v) is 15.5. The quantitative estimate of drug-likeness (QED) is 0.892. The predicted molar refractivity (Wildman–Crippen MR) is 101 cm³/mol. The van der Waals surface area contributed by atoms with E-state index in [1.165, 1.54) is 25.9 Å². The van der Waals surface area contributed by atoms with Crippen LogP contribution in [0.3, 0.4) is 0 Å². The van der Waals surface area contributed by atoms with E-state index >= 15 is 0 Å². The van der Waals surface area contributed by atoms with Gasteiger partial charge in [0.15, 0.2) is 0 Å². The number of nitrogens with zero attached hydrogens (tertiary/aromatic N) is 7. The summed E-state index contributed by atoms with van der Waals surface area (Å²) in [5.41, 5.74) is 6.78. The van der Waals surface area contributed by atoms with Crippen LogP contribution in [-0.2, 0) is 6.54 Å². The number of anilines is 2. The molecule has 0 aliphatic carbocycles. The molecule has 8 nitrogen and oxygen atoms in total. The third kappa shape index (κ3) is 3.95. The number of likely N-dealkylation sites (tertiary alicyclic amines) is 1. The van der Waals surface area contributed by atoms with Crippen molar-refractivity contribution >= 4 is 11.8 Å². The van der Waals surface area contributed by atoms with Gasteiger partial charge in [-0.3, -0.25) is 4.90 Å². The Hall–Kier alpha value is -2.22. The zero-order valence-electron chi connectivity index (χ0n) is 15.5. The van der Waals surface area contributed by atoms with Crippen molar-refractivity contribution in [3.63, 3.8) is 0 Å². The molecule has 4 rings (SSSR count). The van der Waals surface area contributed by atoms with Crippen molar-refractivity contribution in [1.82, 2.24) is 29.9 Å². The standard InChI is InChI=1S/C18H28N8/c1-14-3-2-8-24(11-14)12-15-13-26(23-22-15)16-5-9-25(10-6-16)17-4-7-20-18(19)21-17/h4,7,13-14,16H,2-3,5-6,8-12H2,1H3,(H2,19,20,21)/t14-/m1/s1. The summed E-state index contributed by atoms with van der Waals surface area (Å²) in [5.74, 6) is 2.03. The minimum Gasteiger partial charge on any atom is -0.368 e. The van der Waals surface area contributed by atoms with E-state index in [4.69, 9.17) is 5.73 Å². The Morgan fingerprint density at radius 3 is 2.81 bits per heavy atom. The first-order chi connectivity index (χ1) is 12.7. The molecule has 1 atom stereocenters. The van der Waals surface area contributed by atoms with Gasteiger partial charge in [0.25, 0.3) is 0 Å². The van der Waals surface area contributed by atoms with Gasteiger partial charge in [0, 0.05) is 32.4 Å². The summed E-state index contributed by atoms with van der Waals surface area (Å²) in [7, 11) is 0. The van der Waals surface area contributed by atoms with Gasteiger partial charge >= 0.3 is 0 Å². The number of nitrogens with two attached hydrogens (primary N) is 1. The van der Waals surface area contributed by atoms with Crippen molar-refractivity contribution in [3.8, 4) is 0 Å². The van der Waals surface area contributed by atoms with E-state index in [1.54, 1.807) is 6.20 Å². The van der Waals surface area contributed by atoms with E-state index < -0.39 is 0 Å². The van der Waals surface area contributed by atoms with Crippen LogP contribution in [-0.4, -0.2) is 56.0 Å². The molecule has 0 aromatic carbocycles. The largest absolute Gasteiger partial charge is 0.368 e. The third-order valence-corrected chi connectivity index (χ3v) is 5.51. The molecule has 0 radical (unpaired) electrons. The summed E-state index contributed by atoms with van der Waals surface area (Å²) in [6.07, 6.45) is 8.57. The minimum atomic E-state index is 0.331. The maximum absolute atomic E-state index is 5.70. The lowest BCUT2D eigenvalue weighted by molar-refractivity contribution is 0.175. The molecule has 0 bridgehead atoms. The minimum absolute atomic E-state index is 0.331. The van der Waals surface area contributed by atoms with Crippen LogP contribution >= 0.6 is 0 Å². The molecule has 0 amide bonds. The SMILES string of the molecule is C[C@@H]1CCCN(Cc2cn(C3CCN(c4ccnc(N)n4)CC3)nn2)C1. The number of nitrogen functional groups attached to an aromatic ring is 1. The van der Waals surface area contributed by atoms with Gasteiger partial charge in [0.1, 0.15) is 5.82 Å². The van der Waals surface area contributed by atoms with Crippen LogP contribution < -0.4 is 10.6 Å². The molecule has 0 unspecified atom stereocenters. The summed E-state index contributed by atoms with van der Waals surface area (Å²) >= 11 is 0. The van der Waals surface area contributed by atoms with Crippen LogP contribution in [0.15, 0.2) is 18.5 Å². The smallest absolute Gasteiger partial charge is 0.221 e. The maximum Gasteiger partial charge on any atom is 0.221 e. The molecule has 2 N–H and O–H groups in total. The van der Waals surface area contributed by atoms with Crippen LogP contribution in [0.4, 0.5) is 11.8 Å². The fourth-order valence-corrected chi connectivity index (χ4v) is 4.12. The second-order valence-electron chi connectivity index (χ2n) is 7.66. The van der Waals surface area contributed by atoms with Gasteiger partial charge in [-0.1, -0.05) is 12.1 Å². The summed E-state index contributed by atoms with van der Waals surface area (Å²) < 4.78 is 2.06. The van der Waals surface area contributed by atoms with Crippen molar-refractivity contribution in [3.05, 3.63) is 24.2 Å². The number of hydrogen-bond donors (Lipinski definition) is 1. The van der Waals surface area contributed by atoms with E-state index in [1.807, 2.05) is 6.07 Å². The van der Waals surface area contributed by atoms with Crippen molar-refractivity contribution in [2.45, 2.75) is 45.2 Å². The number of rotatable bonds is 4. The molecule has 0 saturated carbocycles. The molecule has 2 aromatic rings. The highest BCUT2D eigenvalue weighted by molar-refractivity contribution is 5.41. The number of aromatic nitrogens is 5. The topological polar surface area (TPSA) is 89.0 Å². The number of piperidine rings is 2. The number of hydrogen-bond acceptors (Lipinski definition) is 7. The fourth-order valence-electron chi connectivity index (χ4n) is 4.12. The monoisotopic (exact) mass is 356 g/mol. The lowest BCUT2D eigenvalue weighted by atomic mass is 10.0. The summed E-state index contributed by atoms with van der Waals surface area (Å²) in [6.45, 7) is 7.50. The highest BCUT2D eigenvalue weighted by atomic mass is 15.4. The van der Waals surface area contributed by atoms with Gasteiger partial charge in [-0.2, -0.15) is 4.98 Å². The van der Waals surface area contributed by atoms with Crippen molar-refractivity contribution in [1.29, 1.82) is 0 Å². The molecule has 8 heteroatoms. The van der Waals surface area contributed by atoms with Crippen molar-refractivity contribution in [2.24, 2.45) is 5.92 Å². The second-order valence-corrected chi connectivity index (χ2v) is 7.66. The van der Waals surface area contributed by atoms with Gasteiger partial charge in [0.05, 0.1) is 17.9 Å². The summed E-state index contributed by atoms with van der Waals surface area (Å²) in [6, 6.07) is 2.33. The van der Waals surface area contributed by atoms with Crippen LogP contribution in [0.5, 0.6) is 0 Å². The van der Waals surface area contributed by atoms with Crippen LogP contribution in [0.1, 0.15) is 44.3 Å². The molecule has 2 fully saturated rings. The van der Waals surface area contributed by atoms with E-state index in [-0.39, 0.29) is 0 Å². The van der Waals surface area contributed by atoms with Crippen LogP contribution in [0, 0.1) is 5.92 Å². The second kappa shape index (κ2) is 7.57. The Morgan fingerprint density at radius 1 is 1.19 bits per heavy atom. The first-order valence-corrected chi connectivity index (χ1v) is 9.64. The lowest BCUT2D eigenvalue weighted by Crippen LogP contribution is -2.35. The Balaban J connectivity index is 1.33. The zero-order chi connectivity index (χ0) is 17.9. The first-order valence-electron chi connectivity index (χ1n) is 9.64. The van der Waals surface area contributed by atoms with E-state index in [0.29, 0.717) is 12.0 Å². The van der Waals surface area contributed by atoms with Crippen LogP contribution in [0.25, 0.3) is 0 Å². The van der Waals surface area contributed by atoms with Crippen molar-refractivity contribution < 1.29 is 0 Å². The highest BCUT2D eigenvalue weighted by Gasteiger charge is 2.23. The van der Waals surface area contributed by atoms with Gasteiger partial charge in [-0.15, -0.1) is 5.10 Å². The van der Waals surface area contributed by atoms with E-state index in [2.05, 4.69) is 47.9 Å². The third-order valence-electron chi connectivity index (χ3n) is 5.51. The Kier molecular flexibility index (Phi) is 5.01. The van der Waals surface area contributed by atoms with Gasteiger partial charge in [-0.25, -0.2) is 9.67 Å². The van der Waals surface area contributed by atoms with E-state index in [9.17, 15) is 0 Å². The van der Waals surface area contributed by atoms with E-state index in [0.717, 1.165) is 49.9 Å². The first kappa shape index (κ1) is 17.2. The molecule has 2 aromatic heterocycles. The Labute approximate surface area is 154 Å². The molecule has 140 valence electrons. The average Bonchev–Trinajstić information content (AvgIpc) is 3.10. The molecule has 26 heavy (non-hydrogen) atoms. The van der Waals surface area contributed by atoms with Crippen molar-refractivity contribution in [2.75, 3.05) is 36.8 Å². The molecule has 0 spiro atoms. The van der Waals surface area contributed by atoms with Gasteiger partial charge in [-0.05, 0) is 44.2 Å². The molecular weight excluding hydrogens is 328 g/mol. The molecular formula is C18H28N8. The van der Waals surface area contributed by atoms with Crippen LogP contribution in [0.2, 0.25) is 0 Å². The lowest BCUT2D eigenvalue weighted by Gasteiger charge is -2.32. The Morgan fingerprint density at radius 2 is 2.04 bits per heavy atom. The van der Waals surface area contributed by atoms with Gasteiger partial charge in [0.2, 0.25) is 5.95 Å². The Bertz CT molecular complexity index is 721. The predicted octanol–water partition coefficient (Wildman–Crippen LogP) is 1.72. The highest BCUT2D eigenvalue weighted by Crippen LogP contribution is 2.25. The molecule has 2 saturated heterocycles. The summed E-state index contributed by atoms with van der Waals surface area (Å²) in [4.78, 5) is 13.1. The maximum atomic E-state index is 5.70. The average molecular weight is 356 g/mol. The normalized spacial score (nSPS) is 22.7. The molecule has 4 heterocycles. The fraction of sp³-hybridized carbons (Fsp3) is 0.667. The van der Waals surface area contributed by atoms with Gasteiger partial charge < -0.3 is 10.6 Å². The summed E-state index contributed by atoms with van der Waals surface area (Å²) in [5, 5.41) is 8.83.